The first kappa shape index (κ1) is 9.68. The van der Waals surface area contributed by atoms with E-state index in [1.165, 1.54) is 0 Å². The number of carbonyl (C=O) groups excluding carboxylic acids is 1. The molecule has 4 nitrogen and oxygen atoms in total. The highest BCUT2D eigenvalue weighted by atomic mass is 16.5. The predicted molar refractivity (Wildman–Crippen MR) is 52.9 cm³/mol. The van der Waals surface area contributed by atoms with Crippen molar-refractivity contribution in [3.05, 3.63) is 12.2 Å². The fraction of sp³-hybridized carbons (Fsp3) is 0.700. The van der Waals surface area contributed by atoms with Crippen LogP contribution in [0.3, 0.4) is 0 Å². The molecule has 1 heterocycles. The van der Waals surface area contributed by atoms with Gasteiger partial charge in [-0.25, -0.2) is 0 Å². The molecule has 1 aliphatic heterocycles. The molecular formula is C10H16N2O2. The molecule has 4 heteroatoms. The van der Waals surface area contributed by atoms with Gasteiger partial charge in [0.2, 0.25) is 0 Å². The van der Waals surface area contributed by atoms with E-state index in [0.717, 1.165) is 19.4 Å². The molecule has 0 spiro atoms. The fourth-order valence-electron chi connectivity index (χ4n) is 1.76. The van der Waals surface area contributed by atoms with Gasteiger partial charge in [0.25, 0.3) is 5.91 Å². The summed E-state index contributed by atoms with van der Waals surface area (Å²) in [6.45, 7) is 2.10. The quantitative estimate of drug-likeness (QED) is 0.602. The lowest BCUT2D eigenvalue weighted by Crippen LogP contribution is -2.49. The maximum atomic E-state index is 11.7. The van der Waals surface area contributed by atoms with Gasteiger partial charge in [-0.3, -0.25) is 4.79 Å². The number of amides is 1. The van der Waals surface area contributed by atoms with Crippen LogP contribution in [-0.4, -0.2) is 37.7 Å². The van der Waals surface area contributed by atoms with Gasteiger partial charge in [0.05, 0.1) is 6.61 Å². The van der Waals surface area contributed by atoms with E-state index in [0.29, 0.717) is 13.2 Å². The van der Waals surface area contributed by atoms with E-state index < -0.39 is 0 Å². The van der Waals surface area contributed by atoms with E-state index in [9.17, 15) is 4.79 Å². The van der Waals surface area contributed by atoms with Crippen molar-refractivity contribution in [3.63, 3.8) is 0 Å². The van der Waals surface area contributed by atoms with Crippen LogP contribution in [-0.2, 0) is 9.53 Å². The average molecular weight is 196 g/mol. The molecule has 0 aromatic carbocycles. The van der Waals surface area contributed by atoms with E-state index in [4.69, 9.17) is 4.74 Å². The predicted octanol–water partition coefficient (Wildman–Crippen LogP) is -0.190. The number of morpholine rings is 1. The van der Waals surface area contributed by atoms with Crippen molar-refractivity contribution < 1.29 is 9.53 Å². The van der Waals surface area contributed by atoms with Gasteiger partial charge < -0.3 is 15.4 Å². The minimum Gasteiger partial charge on any atom is -0.366 e. The largest absolute Gasteiger partial charge is 0.366 e. The third-order valence-corrected chi connectivity index (χ3v) is 2.57. The van der Waals surface area contributed by atoms with Gasteiger partial charge in [0, 0.05) is 19.1 Å². The molecule has 78 valence electrons. The Bertz CT molecular complexity index is 226. The second-order valence-electron chi connectivity index (χ2n) is 3.71. The number of ether oxygens (including phenoxy) is 1. The smallest absolute Gasteiger partial charge is 0.250 e. The molecule has 2 rings (SSSR count). The maximum absolute atomic E-state index is 11.7. The van der Waals surface area contributed by atoms with Crippen molar-refractivity contribution in [3.8, 4) is 0 Å². The Morgan fingerprint density at radius 2 is 2.21 bits per heavy atom. The molecule has 2 aliphatic rings. The molecule has 1 aliphatic carbocycles. The Balaban J connectivity index is 1.76. The lowest BCUT2D eigenvalue weighted by molar-refractivity contribution is -0.134. The molecular weight excluding hydrogens is 180 g/mol. The molecule has 2 N–H and O–H groups in total. The second kappa shape index (κ2) is 4.57. The summed E-state index contributed by atoms with van der Waals surface area (Å²) in [6, 6.07) is 0.285. The molecule has 1 atom stereocenters. The zero-order valence-corrected chi connectivity index (χ0v) is 8.16. The van der Waals surface area contributed by atoms with Crippen molar-refractivity contribution in [2.24, 2.45) is 0 Å². The standard InChI is InChI=1S/C10H16N2O2/c13-10(9-7-11-5-6-14-9)12-8-3-1-2-4-8/h1-2,8-9,11H,3-7H2,(H,12,13). The molecule has 1 amide bonds. The second-order valence-corrected chi connectivity index (χ2v) is 3.71. The first-order valence-corrected chi connectivity index (χ1v) is 5.14. The third-order valence-electron chi connectivity index (χ3n) is 2.57. The zero-order chi connectivity index (χ0) is 9.80. The first-order chi connectivity index (χ1) is 6.86. The van der Waals surface area contributed by atoms with Crippen molar-refractivity contribution in [1.29, 1.82) is 0 Å². The van der Waals surface area contributed by atoms with Gasteiger partial charge in [-0.1, -0.05) is 12.2 Å². The molecule has 14 heavy (non-hydrogen) atoms. The molecule has 0 saturated carbocycles. The summed E-state index contributed by atoms with van der Waals surface area (Å²) in [7, 11) is 0. The van der Waals surface area contributed by atoms with E-state index in [2.05, 4.69) is 22.8 Å². The Morgan fingerprint density at radius 1 is 1.43 bits per heavy atom. The molecule has 0 radical (unpaired) electrons. The van der Waals surface area contributed by atoms with Crippen LogP contribution in [0.25, 0.3) is 0 Å². The van der Waals surface area contributed by atoms with Gasteiger partial charge in [0.15, 0.2) is 0 Å². The minimum absolute atomic E-state index is 0.0194. The van der Waals surface area contributed by atoms with Gasteiger partial charge >= 0.3 is 0 Å². The van der Waals surface area contributed by atoms with Crippen LogP contribution in [0.4, 0.5) is 0 Å². The summed E-state index contributed by atoms with van der Waals surface area (Å²) >= 11 is 0. The van der Waals surface area contributed by atoms with Gasteiger partial charge in [0.1, 0.15) is 6.10 Å². The minimum atomic E-state index is -0.302. The molecule has 0 aromatic rings. The van der Waals surface area contributed by atoms with Crippen LogP contribution in [0, 0.1) is 0 Å². The summed E-state index contributed by atoms with van der Waals surface area (Å²) in [5.74, 6) is 0.0194. The van der Waals surface area contributed by atoms with E-state index in [1.807, 2.05) is 0 Å². The Hall–Kier alpha value is -0.870. The number of nitrogens with one attached hydrogen (secondary N) is 2. The summed E-state index contributed by atoms with van der Waals surface area (Å²) in [4.78, 5) is 11.7. The van der Waals surface area contributed by atoms with Gasteiger partial charge in [-0.2, -0.15) is 0 Å². The van der Waals surface area contributed by atoms with Crippen LogP contribution < -0.4 is 10.6 Å². The van der Waals surface area contributed by atoms with Crippen LogP contribution in [0.15, 0.2) is 12.2 Å². The van der Waals surface area contributed by atoms with Crippen LogP contribution in [0.2, 0.25) is 0 Å². The maximum Gasteiger partial charge on any atom is 0.250 e. The van der Waals surface area contributed by atoms with Crippen molar-refractivity contribution >= 4 is 5.91 Å². The monoisotopic (exact) mass is 196 g/mol. The van der Waals surface area contributed by atoms with Crippen molar-refractivity contribution in [2.75, 3.05) is 19.7 Å². The summed E-state index contributed by atoms with van der Waals surface area (Å²) < 4.78 is 5.36. The molecule has 1 saturated heterocycles. The van der Waals surface area contributed by atoms with Crippen LogP contribution in [0.1, 0.15) is 12.8 Å². The van der Waals surface area contributed by atoms with E-state index >= 15 is 0 Å². The molecule has 1 unspecified atom stereocenters. The van der Waals surface area contributed by atoms with Crippen LogP contribution >= 0.6 is 0 Å². The lowest BCUT2D eigenvalue weighted by Gasteiger charge is -2.24. The topological polar surface area (TPSA) is 50.4 Å². The Morgan fingerprint density at radius 3 is 2.86 bits per heavy atom. The highest BCUT2D eigenvalue weighted by molar-refractivity contribution is 5.81. The van der Waals surface area contributed by atoms with Crippen molar-refractivity contribution in [1.82, 2.24) is 10.6 Å². The molecule has 0 bridgehead atoms. The average Bonchev–Trinajstić information content (AvgIpc) is 2.72. The SMILES string of the molecule is O=C(NC1CC=CC1)C1CNCCO1. The number of carbonyl (C=O) groups is 1. The normalized spacial score (nSPS) is 27.9. The van der Waals surface area contributed by atoms with Gasteiger partial charge in [-0.15, -0.1) is 0 Å². The van der Waals surface area contributed by atoms with E-state index in [-0.39, 0.29) is 18.1 Å². The molecule has 1 fully saturated rings. The van der Waals surface area contributed by atoms with Gasteiger partial charge in [-0.05, 0) is 12.8 Å². The number of hydrogen-bond acceptors (Lipinski definition) is 3. The third kappa shape index (κ3) is 2.33. The van der Waals surface area contributed by atoms with E-state index in [1.54, 1.807) is 0 Å². The number of rotatable bonds is 2. The highest BCUT2D eigenvalue weighted by Gasteiger charge is 2.23. The summed E-state index contributed by atoms with van der Waals surface area (Å²) in [5.41, 5.74) is 0. The zero-order valence-electron chi connectivity index (χ0n) is 8.16. The first-order valence-electron chi connectivity index (χ1n) is 5.14. The summed E-state index contributed by atoms with van der Waals surface area (Å²) in [6.07, 6.45) is 5.80. The fourth-order valence-corrected chi connectivity index (χ4v) is 1.76. The Kier molecular flexibility index (Phi) is 3.16. The number of hydrogen-bond donors (Lipinski definition) is 2. The summed E-state index contributed by atoms with van der Waals surface area (Å²) in [5, 5.41) is 6.12. The van der Waals surface area contributed by atoms with Crippen molar-refractivity contribution in [2.45, 2.75) is 25.0 Å². The Labute approximate surface area is 83.7 Å². The van der Waals surface area contributed by atoms with Crippen LogP contribution in [0.5, 0.6) is 0 Å². The lowest BCUT2D eigenvalue weighted by atomic mass is 10.2. The highest BCUT2D eigenvalue weighted by Crippen LogP contribution is 2.09. The molecule has 0 aromatic heterocycles.